The van der Waals surface area contributed by atoms with Gasteiger partial charge in [-0.1, -0.05) is 42.2 Å². The lowest BCUT2D eigenvalue weighted by Gasteiger charge is -2.21. The summed E-state index contributed by atoms with van der Waals surface area (Å²) in [4.78, 5) is 44.0. The van der Waals surface area contributed by atoms with Gasteiger partial charge in [-0.2, -0.15) is 5.10 Å². The number of aryl methyl sites for hydroxylation is 1. The molecule has 0 radical (unpaired) electrons. The van der Waals surface area contributed by atoms with Gasteiger partial charge in [0.25, 0.3) is 11.5 Å². The lowest BCUT2D eigenvalue weighted by Crippen LogP contribution is -2.32. The number of pyridine rings is 1. The second kappa shape index (κ2) is 11.5. The molecule has 0 aliphatic carbocycles. The number of aromatic nitrogens is 6. The Balaban J connectivity index is 1.47. The van der Waals surface area contributed by atoms with Crippen molar-refractivity contribution in [2.24, 2.45) is 12.8 Å². The lowest BCUT2D eigenvalue weighted by molar-refractivity contribution is -0.119. The Kier molecular flexibility index (Phi) is 7.35. The number of anilines is 1. The topological polar surface area (TPSA) is 168 Å². The van der Waals surface area contributed by atoms with E-state index >= 15 is 0 Å². The molecule has 0 aliphatic heterocycles. The van der Waals surface area contributed by atoms with E-state index in [1.54, 1.807) is 60.9 Å². The number of carbonyl (C=O) groups excluding carboxylic acids is 2. The number of carbonyl (C=O) groups is 2. The summed E-state index contributed by atoms with van der Waals surface area (Å²) in [5.74, 6) is 4.69. The van der Waals surface area contributed by atoms with Crippen LogP contribution >= 0.6 is 0 Å². The minimum absolute atomic E-state index is 0.0440. The van der Waals surface area contributed by atoms with Gasteiger partial charge in [-0.3, -0.25) is 23.6 Å². The van der Waals surface area contributed by atoms with Gasteiger partial charge in [0.15, 0.2) is 11.5 Å². The summed E-state index contributed by atoms with van der Waals surface area (Å²) >= 11 is 0. The van der Waals surface area contributed by atoms with Gasteiger partial charge in [-0.15, -0.1) is 5.10 Å². The highest BCUT2D eigenvalue weighted by Crippen LogP contribution is 2.25. The van der Waals surface area contributed by atoms with Gasteiger partial charge in [0.1, 0.15) is 5.56 Å². The van der Waals surface area contributed by atoms with Gasteiger partial charge in [0.2, 0.25) is 5.91 Å². The van der Waals surface area contributed by atoms with E-state index in [1.165, 1.54) is 4.52 Å². The Morgan fingerprint density at radius 1 is 1.00 bits per heavy atom. The van der Waals surface area contributed by atoms with E-state index in [-0.39, 0.29) is 16.9 Å². The first-order chi connectivity index (χ1) is 21.7. The van der Waals surface area contributed by atoms with Crippen LogP contribution in [0.5, 0.6) is 0 Å². The summed E-state index contributed by atoms with van der Waals surface area (Å²) in [7, 11) is 1.72. The van der Waals surface area contributed by atoms with Crippen LogP contribution in [0.4, 0.5) is 5.82 Å². The largest absolute Gasteiger partial charge is 0.381 e. The Morgan fingerprint density at radius 3 is 2.51 bits per heavy atom. The number of rotatable bonds is 6. The first-order valence-corrected chi connectivity index (χ1v) is 14.1. The summed E-state index contributed by atoms with van der Waals surface area (Å²) in [5, 5.41) is 12.5. The molecule has 2 atom stereocenters. The number of nitrogen functional groups attached to an aromatic ring is 1. The van der Waals surface area contributed by atoms with E-state index in [4.69, 9.17) is 11.5 Å². The zero-order valence-corrected chi connectivity index (χ0v) is 24.7. The first kappa shape index (κ1) is 28.9. The van der Waals surface area contributed by atoms with E-state index in [1.807, 2.05) is 48.5 Å². The molecule has 0 spiro atoms. The second-order valence-electron chi connectivity index (χ2n) is 10.6. The van der Waals surface area contributed by atoms with Crippen LogP contribution in [0.25, 0.3) is 22.1 Å². The number of amides is 2. The zero-order valence-electron chi connectivity index (χ0n) is 24.7. The summed E-state index contributed by atoms with van der Waals surface area (Å²) in [6.07, 6.45) is 4.79. The molecule has 0 saturated heterocycles. The number of nitrogens with zero attached hydrogens (tertiary/aromatic N) is 6. The van der Waals surface area contributed by atoms with Crippen molar-refractivity contribution in [2.75, 3.05) is 5.73 Å². The maximum Gasteiger partial charge on any atom is 0.264 e. The number of nitrogens with one attached hydrogen (secondary N) is 1. The number of hydrogen-bond acceptors (Lipinski definition) is 7. The molecule has 5 N–H and O–H groups in total. The van der Waals surface area contributed by atoms with Gasteiger partial charge in [-0.25, -0.2) is 9.50 Å². The third-order valence-electron chi connectivity index (χ3n) is 7.68. The SMILES string of the molecule is CC(C(N)=O)c1c(C#Cc2cccc3cc([C@@H](C)NC(=O)c4c(N)nn5cccnc45)n(-c4ccccc4)c(=O)c23)cnn1C. The van der Waals surface area contributed by atoms with Crippen LogP contribution in [0.15, 0.2) is 84.0 Å². The van der Waals surface area contributed by atoms with Crippen LogP contribution in [0.1, 0.15) is 58.7 Å². The summed E-state index contributed by atoms with van der Waals surface area (Å²) in [6, 6.07) is 17.5. The molecule has 2 amide bonds. The Labute approximate surface area is 257 Å². The van der Waals surface area contributed by atoms with Crippen molar-refractivity contribution < 1.29 is 9.59 Å². The maximum atomic E-state index is 14.4. The van der Waals surface area contributed by atoms with E-state index in [9.17, 15) is 14.4 Å². The number of fused-ring (bicyclic) bond motifs is 2. The fraction of sp³-hybridized carbons (Fsp3) is 0.152. The molecule has 0 saturated carbocycles. The number of primary amides is 1. The standard InChI is InChI=1S/C33H29N9O3/c1-19(30(35)43)28-23(18-37-40(28)3)14-13-21-9-7-10-22-17-25(42(33(45)26(21)22)24-11-5-4-6-12-24)20(2)38-32(44)27-29(34)39-41-16-8-15-36-31(27)41/h4-12,15-20H,1-3H3,(H2,34,39)(H2,35,43)(H,38,44)/t19?,20-/m1/s1. The highest BCUT2D eigenvalue weighted by molar-refractivity contribution is 6.04. The van der Waals surface area contributed by atoms with Crippen LogP contribution in [0.3, 0.4) is 0 Å². The second-order valence-corrected chi connectivity index (χ2v) is 10.6. The molecule has 45 heavy (non-hydrogen) atoms. The van der Waals surface area contributed by atoms with Crippen LogP contribution in [-0.4, -0.2) is 40.8 Å². The quantitative estimate of drug-likeness (QED) is 0.247. The van der Waals surface area contributed by atoms with Gasteiger partial charge in [0.05, 0.1) is 34.8 Å². The molecule has 6 aromatic rings. The fourth-order valence-corrected chi connectivity index (χ4v) is 5.44. The van der Waals surface area contributed by atoms with Crippen molar-refractivity contribution in [2.45, 2.75) is 25.8 Å². The molecular formula is C33H29N9O3. The van der Waals surface area contributed by atoms with Gasteiger partial charge in [-0.05, 0) is 49.6 Å². The van der Waals surface area contributed by atoms with E-state index < -0.39 is 23.8 Å². The van der Waals surface area contributed by atoms with Gasteiger partial charge in [0, 0.05) is 36.4 Å². The van der Waals surface area contributed by atoms with Gasteiger partial charge < -0.3 is 16.8 Å². The highest BCUT2D eigenvalue weighted by atomic mass is 16.2. The summed E-state index contributed by atoms with van der Waals surface area (Å²) in [5.41, 5.74) is 14.6. The number of hydrogen-bond donors (Lipinski definition) is 3. The molecule has 0 bridgehead atoms. The molecule has 224 valence electrons. The average Bonchev–Trinajstić information content (AvgIpc) is 3.57. The molecule has 0 fully saturated rings. The molecule has 4 heterocycles. The molecule has 2 aromatic carbocycles. The van der Waals surface area contributed by atoms with Crippen LogP contribution < -0.4 is 22.3 Å². The minimum Gasteiger partial charge on any atom is -0.381 e. The predicted molar refractivity (Wildman–Crippen MR) is 170 cm³/mol. The maximum absolute atomic E-state index is 14.4. The monoisotopic (exact) mass is 599 g/mol. The summed E-state index contributed by atoms with van der Waals surface area (Å²) in [6.45, 7) is 3.49. The van der Waals surface area contributed by atoms with E-state index in [2.05, 4.69) is 32.3 Å². The van der Waals surface area contributed by atoms with E-state index in [0.29, 0.717) is 44.6 Å². The Bertz CT molecular complexity index is 2240. The van der Waals surface area contributed by atoms with Crippen LogP contribution in [0.2, 0.25) is 0 Å². The Morgan fingerprint density at radius 2 is 1.76 bits per heavy atom. The van der Waals surface area contributed by atoms with Crippen molar-refractivity contribution in [3.63, 3.8) is 0 Å². The molecule has 12 nitrogen and oxygen atoms in total. The van der Waals surface area contributed by atoms with Crippen LogP contribution in [-0.2, 0) is 11.8 Å². The van der Waals surface area contributed by atoms with Crippen molar-refractivity contribution >= 4 is 34.1 Å². The lowest BCUT2D eigenvalue weighted by atomic mass is 10.0. The van der Waals surface area contributed by atoms with E-state index in [0.717, 1.165) is 0 Å². The van der Waals surface area contributed by atoms with Gasteiger partial charge >= 0.3 is 0 Å². The summed E-state index contributed by atoms with van der Waals surface area (Å²) < 4.78 is 4.58. The molecule has 0 aliphatic rings. The molecule has 12 heteroatoms. The van der Waals surface area contributed by atoms with Crippen molar-refractivity contribution in [3.8, 4) is 17.5 Å². The number of benzene rings is 2. The third-order valence-corrected chi connectivity index (χ3v) is 7.68. The average molecular weight is 600 g/mol. The highest BCUT2D eigenvalue weighted by Gasteiger charge is 2.24. The smallest absolute Gasteiger partial charge is 0.264 e. The van der Waals surface area contributed by atoms with Crippen molar-refractivity contribution in [1.29, 1.82) is 0 Å². The predicted octanol–water partition coefficient (Wildman–Crippen LogP) is 2.83. The fourth-order valence-electron chi connectivity index (χ4n) is 5.44. The molecule has 6 rings (SSSR count). The normalized spacial score (nSPS) is 12.4. The molecular weight excluding hydrogens is 570 g/mol. The zero-order chi connectivity index (χ0) is 31.8. The molecule has 4 aromatic heterocycles. The van der Waals surface area contributed by atoms with Crippen LogP contribution in [0, 0.1) is 11.8 Å². The Hall–Kier alpha value is -6.22. The van der Waals surface area contributed by atoms with Crippen molar-refractivity contribution in [1.82, 2.24) is 34.3 Å². The number of para-hydroxylation sites is 1. The van der Waals surface area contributed by atoms with Crippen molar-refractivity contribution in [3.05, 3.63) is 118 Å². The number of nitrogens with two attached hydrogens (primary N) is 2. The third kappa shape index (κ3) is 5.16. The molecule has 1 unspecified atom stereocenters. The first-order valence-electron chi connectivity index (χ1n) is 14.1. The minimum atomic E-state index is -0.629.